The van der Waals surface area contributed by atoms with Gasteiger partial charge in [-0.05, 0) is 83.4 Å². The number of nitrogens with zero attached hydrogens (tertiary/aromatic N) is 1. The van der Waals surface area contributed by atoms with Crippen molar-refractivity contribution in [2.75, 3.05) is 23.4 Å². The van der Waals surface area contributed by atoms with Crippen molar-refractivity contribution < 1.29 is 33.0 Å². The Morgan fingerprint density at radius 1 is 1.12 bits per heavy atom. The molecule has 1 aliphatic heterocycles. The van der Waals surface area contributed by atoms with E-state index in [1.54, 1.807) is 38.1 Å². The molecule has 12 heteroatoms. The summed E-state index contributed by atoms with van der Waals surface area (Å²) >= 11 is 9.55. The minimum atomic E-state index is -0.902. The molecule has 0 spiro atoms. The first-order valence-corrected chi connectivity index (χ1v) is 13.1. The van der Waals surface area contributed by atoms with Gasteiger partial charge in [0.25, 0.3) is 17.7 Å². The number of barbiturate groups is 1. The summed E-state index contributed by atoms with van der Waals surface area (Å²) in [5, 5.41) is 4.94. The number of ether oxygens (including phenoxy) is 2. The number of hydrogen-bond donors (Lipinski definition) is 2. The Morgan fingerprint density at radius 2 is 1.88 bits per heavy atom. The molecule has 1 saturated heterocycles. The SMILES string of the molecule is CCOc1cc(/C=C2\C(=O)NC(=O)N(c3ccc(C)c(Cl)c3)C2=O)cc(Br)c1OCC(=O)Nc1ccccc1F. The fourth-order valence-electron chi connectivity index (χ4n) is 3.74. The molecule has 0 radical (unpaired) electrons. The number of benzene rings is 3. The van der Waals surface area contributed by atoms with Crippen LogP contribution in [0.5, 0.6) is 11.5 Å². The van der Waals surface area contributed by atoms with Gasteiger partial charge in [0, 0.05) is 5.02 Å². The van der Waals surface area contributed by atoms with Crippen LogP contribution in [-0.2, 0) is 14.4 Å². The number of imide groups is 2. The highest BCUT2D eigenvalue weighted by atomic mass is 79.9. The van der Waals surface area contributed by atoms with Crippen molar-refractivity contribution in [3.8, 4) is 11.5 Å². The lowest BCUT2D eigenvalue weighted by Crippen LogP contribution is -2.54. The second kappa shape index (κ2) is 12.3. The summed E-state index contributed by atoms with van der Waals surface area (Å²) in [6.07, 6.45) is 1.30. The standard InChI is InChI=1S/C28H22BrClFN3O6/c1-3-39-23-12-16(11-19(29)25(23)40-14-24(35)32-22-7-5-4-6-21(22)31)10-18-26(36)33-28(38)34(27(18)37)17-9-8-15(2)20(30)13-17/h4-13H,3,14H2,1-2H3,(H,32,35)(H,33,36,38)/b18-10+. The molecule has 2 N–H and O–H groups in total. The van der Waals surface area contributed by atoms with Gasteiger partial charge in [-0.1, -0.05) is 29.8 Å². The van der Waals surface area contributed by atoms with E-state index in [2.05, 4.69) is 26.6 Å². The molecule has 5 amide bonds. The van der Waals surface area contributed by atoms with E-state index in [0.29, 0.717) is 15.1 Å². The monoisotopic (exact) mass is 629 g/mol. The summed E-state index contributed by atoms with van der Waals surface area (Å²) < 4.78 is 25.5. The average molecular weight is 631 g/mol. The lowest BCUT2D eigenvalue weighted by Gasteiger charge is -2.26. The molecule has 9 nitrogen and oxygen atoms in total. The fourth-order valence-corrected chi connectivity index (χ4v) is 4.49. The number of carbonyl (C=O) groups excluding carboxylic acids is 4. The Bertz CT molecular complexity index is 1560. The van der Waals surface area contributed by atoms with Crippen LogP contribution in [0.3, 0.4) is 0 Å². The predicted octanol–water partition coefficient (Wildman–Crippen LogP) is 5.63. The highest BCUT2D eigenvalue weighted by Gasteiger charge is 2.37. The number of urea groups is 1. The number of rotatable bonds is 8. The van der Waals surface area contributed by atoms with Crippen molar-refractivity contribution >= 4 is 68.7 Å². The molecule has 4 rings (SSSR count). The van der Waals surface area contributed by atoms with Crippen molar-refractivity contribution in [1.29, 1.82) is 0 Å². The minimum Gasteiger partial charge on any atom is -0.490 e. The number of aryl methyl sites for hydroxylation is 1. The summed E-state index contributed by atoms with van der Waals surface area (Å²) in [5.41, 5.74) is 1.03. The third-order valence-electron chi connectivity index (χ3n) is 5.65. The molecule has 0 unspecified atom stereocenters. The molecular weight excluding hydrogens is 609 g/mol. The Balaban J connectivity index is 1.59. The second-order valence-corrected chi connectivity index (χ2v) is 9.73. The van der Waals surface area contributed by atoms with Crippen molar-refractivity contribution in [3.05, 3.63) is 86.6 Å². The highest BCUT2D eigenvalue weighted by molar-refractivity contribution is 9.10. The zero-order chi connectivity index (χ0) is 29.0. The van der Waals surface area contributed by atoms with Crippen LogP contribution in [0.4, 0.5) is 20.6 Å². The number of hydrogen-bond acceptors (Lipinski definition) is 6. The van der Waals surface area contributed by atoms with Crippen LogP contribution in [0, 0.1) is 12.7 Å². The van der Waals surface area contributed by atoms with Crippen molar-refractivity contribution in [3.63, 3.8) is 0 Å². The molecule has 0 bridgehead atoms. The first kappa shape index (κ1) is 28.8. The van der Waals surface area contributed by atoms with Gasteiger partial charge < -0.3 is 14.8 Å². The first-order valence-electron chi connectivity index (χ1n) is 11.9. The van der Waals surface area contributed by atoms with E-state index in [9.17, 15) is 23.6 Å². The number of halogens is 3. The average Bonchev–Trinajstić information content (AvgIpc) is 2.89. The van der Waals surface area contributed by atoms with E-state index in [1.807, 2.05) is 0 Å². The van der Waals surface area contributed by atoms with Crippen LogP contribution < -0.4 is 25.0 Å². The van der Waals surface area contributed by atoms with Crippen LogP contribution in [0.1, 0.15) is 18.1 Å². The van der Waals surface area contributed by atoms with Crippen LogP contribution in [0.2, 0.25) is 5.02 Å². The summed E-state index contributed by atoms with van der Waals surface area (Å²) in [6.45, 7) is 3.29. The maximum absolute atomic E-state index is 13.8. The van der Waals surface area contributed by atoms with Gasteiger partial charge in [0.2, 0.25) is 0 Å². The lowest BCUT2D eigenvalue weighted by molar-refractivity contribution is -0.122. The van der Waals surface area contributed by atoms with Crippen LogP contribution in [0.15, 0.2) is 64.6 Å². The van der Waals surface area contributed by atoms with E-state index >= 15 is 0 Å². The smallest absolute Gasteiger partial charge is 0.335 e. The second-order valence-electron chi connectivity index (χ2n) is 8.47. The number of para-hydroxylation sites is 1. The lowest BCUT2D eigenvalue weighted by atomic mass is 10.1. The van der Waals surface area contributed by atoms with Crippen LogP contribution in [0.25, 0.3) is 6.08 Å². The summed E-state index contributed by atoms with van der Waals surface area (Å²) in [6, 6.07) is 12.5. The Hall–Kier alpha value is -4.22. The van der Waals surface area contributed by atoms with Crippen LogP contribution in [-0.4, -0.2) is 37.0 Å². The van der Waals surface area contributed by atoms with Gasteiger partial charge in [0.1, 0.15) is 11.4 Å². The molecule has 40 heavy (non-hydrogen) atoms. The van der Waals surface area contributed by atoms with E-state index < -0.39 is 36.2 Å². The molecule has 0 aromatic heterocycles. The molecule has 0 aliphatic carbocycles. The van der Waals surface area contributed by atoms with Gasteiger partial charge in [-0.3, -0.25) is 19.7 Å². The quantitative estimate of drug-likeness (QED) is 0.246. The molecule has 206 valence electrons. The maximum atomic E-state index is 13.8. The first-order chi connectivity index (χ1) is 19.1. The third kappa shape index (κ3) is 6.32. The minimum absolute atomic E-state index is 0.0121. The molecule has 0 saturated carbocycles. The molecule has 0 atom stereocenters. The predicted molar refractivity (Wildman–Crippen MR) is 151 cm³/mol. The molecule has 1 heterocycles. The number of nitrogens with one attached hydrogen (secondary N) is 2. The van der Waals surface area contributed by atoms with E-state index in [-0.39, 0.29) is 35.1 Å². The van der Waals surface area contributed by atoms with E-state index in [1.165, 1.54) is 36.4 Å². The normalized spacial score (nSPS) is 14.3. The Morgan fingerprint density at radius 3 is 2.58 bits per heavy atom. The van der Waals surface area contributed by atoms with E-state index in [0.717, 1.165) is 10.5 Å². The summed E-state index contributed by atoms with van der Waals surface area (Å²) in [7, 11) is 0. The summed E-state index contributed by atoms with van der Waals surface area (Å²) in [4.78, 5) is 51.6. The van der Waals surface area contributed by atoms with Gasteiger partial charge in [-0.2, -0.15) is 0 Å². The Labute approximate surface area is 242 Å². The number of amides is 5. The highest BCUT2D eigenvalue weighted by Crippen LogP contribution is 2.38. The molecule has 1 aliphatic rings. The summed E-state index contributed by atoms with van der Waals surface area (Å²) in [5.74, 6) is -2.51. The van der Waals surface area contributed by atoms with Crippen molar-refractivity contribution in [2.45, 2.75) is 13.8 Å². The van der Waals surface area contributed by atoms with Gasteiger partial charge >= 0.3 is 6.03 Å². The Kier molecular flexibility index (Phi) is 8.86. The number of carbonyl (C=O) groups is 4. The third-order valence-corrected chi connectivity index (χ3v) is 6.65. The van der Waals surface area contributed by atoms with Gasteiger partial charge in [-0.15, -0.1) is 0 Å². The fraction of sp³-hybridized carbons (Fsp3) is 0.143. The van der Waals surface area contributed by atoms with Crippen LogP contribution >= 0.6 is 27.5 Å². The molecular formula is C28H22BrClFN3O6. The molecule has 3 aromatic carbocycles. The molecule has 3 aromatic rings. The van der Waals surface area contributed by atoms with Crippen molar-refractivity contribution in [1.82, 2.24) is 5.32 Å². The largest absolute Gasteiger partial charge is 0.490 e. The van der Waals surface area contributed by atoms with Gasteiger partial charge in [0.05, 0.1) is 22.5 Å². The van der Waals surface area contributed by atoms with Crippen molar-refractivity contribution in [2.24, 2.45) is 0 Å². The van der Waals surface area contributed by atoms with E-state index in [4.69, 9.17) is 21.1 Å². The number of anilines is 2. The topological polar surface area (TPSA) is 114 Å². The maximum Gasteiger partial charge on any atom is 0.335 e. The van der Waals surface area contributed by atoms with Gasteiger partial charge in [0.15, 0.2) is 18.1 Å². The zero-order valence-corrected chi connectivity index (χ0v) is 23.6. The zero-order valence-electron chi connectivity index (χ0n) is 21.2. The van der Waals surface area contributed by atoms with Gasteiger partial charge in [-0.25, -0.2) is 14.1 Å². The molecule has 1 fully saturated rings.